The van der Waals surface area contributed by atoms with Gasteiger partial charge in [-0.15, -0.1) is 0 Å². The molecule has 0 fully saturated rings. The van der Waals surface area contributed by atoms with Gasteiger partial charge in [0.1, 0.15) is 0 Å². The van der Waals surface area contributed by atoms with Crippen LogP contribution in [-0.2, 0) is 11.2 Å². The Morgan fingerprint density at radius 1 is 1.23 bits per heavy atom. The lowest BCUT2D eigenvalue weighted by Crippen LogP contribution is -2.39. The fourth-order valence-corrected chi connectivity index (χ4v) is 3.39. The molecule has 1 unspecified atom stereocenters. The maximum Gasteiger partial charge on any atom is 0.246 e. The van der Waals surface area contributed by atoms with Gasteiger partial charge in [-0.05, 0) is 43.2 Å². The van der Waals surface area contributed by atoms with Crippen LogP contribution in [0.4, 0.5) is 11.4 Å². The summed E-state index contributed by atoms with van der Waals surface area (Å²) in [4.78, 5) is 14.4. The Bertz CT molecular complexity index is 697. The van der Waals surface area contributed by atoms with Crippen LogP contribution in [0.15, 0.2) is 42.5 Å². The summed E-state index contributed by atoms with van der Waals surface area (Å²) in [6.45, 7) is 2.27. The molecule has 2 aromatic carbocycles. The molecule has 1 aliphatic heterocycles. The van der Waals surface area contributed by atoms with Crippen molar-refractivity contribution in [3.05, 3.63) is 58.1 Å². The molecule has 22 heavy (non-hydrogen) atoms. The molecule has 1 aliphatic rings. The maximum absolute atomic E-state index is 12.6. The highest BCUT2D eigenvalue weighted by atomic mass is 35.5. The predicted octanol–water partition coefficient (Wildman–Crippen LogP) is 4.38. The van der Waals surface area contributed by atoms with E-state index in [1.54, 1.807) is 18.2 Å². The Morgan fingerprint density at radius 2 is 1.91 bits per heavy atom. The molecule has 1 atom stereocenters. The molecule has 3 rings (SSSR count). The Kier molecular flexibility index (Phi) is 4.27. The number of rotatable bonds is 3. The van der Waals surface area contributed by atoms with E-state index in [0.29, 0.717) is 10.0 Å². The van der Waals surface area contributed by atoms with Crippen LogP contribution in [0.1, 0.15) is 12.5 Å². The number of hydrogen-bond acceptors (Lipinski definition) is 2. The minimum atomic E-state index is 0.0357. The molecule has 2 aromatic rings. The van der Waals surface area contributed by atoms with Crippen molar-refractivity contribution >= 4 is 40.5 Å². The number of para-hydroxylation sites is 1. The van der Waals surface area contributed by atoms with Crippen molar-refractivity contribution in [2.45, 2.75) is 19.4 Å². The summed E-state index contributed by atoms with van der Waals surface area (Å²) in [6.07, 6.45) is 0.894. The molecule has 1 amide bonds. The van der Waals surface area contributed by atoms with Crippen molar-refractivity contribution in [3.63, 3.8) is 0 Å². The number of nitrogens with zero attached hydrogens (tertiary/aromatic N) is 1. The molecule has 0 aromatic heterocycles. The van der Waals surface area contributed by atoms with Crippen LogP contribution >= 0.6 is 23.2 Å². The number of carbonyl (C=O) groups excluding carboxylic acids is 1. The third kappa shape index (κ3) is 3.06. The van der Waals surface area contributed by atoms with Gasteiger partial charge in [0.15, 0.2) is 0 Å². The van der Waals surface area contributed by atoms with Crippen LogP contribution in [0.25, 0.3) is 0 Å². The van der Waals surface area contributed by atoms with Crippen LogP contribution in [0.5, 0.6) is 0 Å². The van der Waals surface area contributed by atoms with Gasteiger partial charge in [-0.25, -0.2) is 0 Å². The molecule has 3 nitrogen and oxygen atoms in total. The molecule has 1 heterocycles. The van der Waals surface area contributed by atoms with Crippen LogP contribution < -0.4 is 10.2 Å². The molecule has 0 aliphatic carbocycles. The van der Waals surface area contributed by atoms with Gasteiger partial charge in [0.05, 0.1) is 6.54 Å². The second kappa shape index (κ2) is 6.19. The van der Waals surface area contributed by atoms with Gasteiger partial charge in [-0.2, -0.15) is 0 Å². The number of anilines is 2. The Hall–Kier alpha value is -1.71. The summed E-state index contributed by atoms with van der Waals surface area (Å²) < 4.78 is 0. The molecule has 1 N–H and O–H groups in total. The van der Waals surface area contributed by atoms with Crippen molar-refractivity contribution in [2.24, 2.45) is 0 Å². The number of carbonyl (C=O) groups is 1. The first kappa shape index (κ1) is 15.2. The van der Waals surface area contributed by atoms with E-state index in [1.807, 2.05) is 23.1 Å². The fourth-order valence-electron chi connectivity index (χ4n) is 2.86. The zero-order chi connectivity index (χ0) is 15.7. The molecule has 0 bridgehead atoms. The lowest BCUT2D eigenvalue weighted by atomic mass is 10.1. The van der Waals surface area contributed by atoms with Gasteiger partial charge in [0, 0.05) is 27.5 Å². The highest BCUT2D eigenvalue weighted by molar-refractivity contribution is 6.35. The number of hydrogen-bond donors (Lipinski definition) is 1. The molecule has 114 valence electrons. The lowest BCUT2D eigenvalue weighted by Gasteiger charge is -2.23. The van der Waals surface area contributed by atoms with Crippen molar-refractivity contribution < 1.29 is 4.79 Å². The van der Waals surface area contributed by atoms with Crippen molar-refractivity contribution in [3.8, 4) is 0 Å². The predicted molar refractivity (Wildman–Crippen MR) is 92.0 cm³/mol. The first-order valence-electron chi connectivity index (χ1n) is 7.14. The SMILES string of the molecule is CC1Cc2ccccc2N1C(=O)CNc1cc(Cl)cc(Cl)c1. The smallest absolute Gasteiger partial charge is 0.246 e. The molecule has 0 spiro atoms. The van der Waals surface area contributed by atoms with Crippen molar-refractivity contribution in [1.82, 2.24) is 0 Å². The van der Waals surface area contributed by atoms with E-state index in [1.165, 1.54) is 5.56 Å². The molecular weight excluding hydrogens is 319 g/mol. The first-order chi connectivity index (χ1) is 10.5. The van der Waals surface area contributed by atoms with Crippen LogP contribution in [0, 0.1) is 0 Å². The largest absolute Gasteiger partial charge is 0.376 e. The van der Waals surface area contributed by atoms with E-state index in [-0.39, 0.29) is 18.5 Å². The normalized spacial score (nSPS) is 16.5. The second-order valence-electron chi connectivity index (χ2n) is 5.46. The van der Waals surface area contributed by atoms with Gasteiger partial charge < -0.3 is 10.2 Å². The number of amides is 1. The zero-order valence-corrected chi connectivity index (χ0v) is 13.7. The highest BCUT2D eigenvalue weighted by Crippen LogP contribution is 2.31. The summed E-state index contributed by atoms with van der Waals surface area (Å²) in [5, 5.41) is 4.18. The summed E-state index contributed by atoms with van der Waals surface area (Å²) >= 11 is 11.9. The molecule has 0 radical (unpaired) electrons. The Balaban J connectivity index is 1.72. The van der Waals surface area contributed by atoms with Crippen LogP contribution in [0.2, 0.25) is 10.0 Å². The van der Waals surface area contributed by atoms with Crippen LogP contribution in [0.3, 0.4) is 0 Å². The summed E-state index contributed by atoms with van der Waals surface area (Å²) in [5.74, 6) is 0.0357. The van der Waals surface area contributed by atoms with Gasteiger partial charge >= 0.3 is 0 Å². The lowest BCUT2D eigenvalue weighted by molar-refractivity contribution is -0.117. The standard InChI is InChI=1S/C17H16Cl2N2O/c1-11-6-12-4-2-3-5-16(12)21(11)17(22)10-20-15-8-13(18)7-14(19)9-15/h2-5,7-9,11,20H,6,10H2,1H3. The third-order valence-electron chi connectivity index (χ3n) is 3.78. The Morgan fingerprint density at radius 3 is 2.64 bits per heavy atom. The summed E-state index contributed by atoms with van der Waals surface area (Å²) in [7, 11) is 0. The minimum absolute atomic E-state index is 0.0357. The quantitative estimate of drug-likeness (QED) is 0.903. The van der Waals surface area contributed by atoms with E-state index < -0.39 is 0 Å². The number of halogens is 2. The highest BCUT2D eigenvalue weighted by Gasteiger charge is 2.30. The zero-order valence-electron chi connectivity index (χ0n) is 12.1. The third-order valence-corrected chi connectivity index (χ3v) is 4.22. The number of fused-ring (bicyclic) bond motifs is 1. The Labute approximate surface area is 139 Å². The number of benzene rings is 2. The topological polar surface area (TPSA) is 32.3 Å². The van der Waals surface area contributed by atoms with Gasteiger partial charge in [-0.3, -0.25) is 4.79 Å². The first-order valence-corrected chi connectivity index (χ1v) is 7.90. The maximum atomic E-state index is 12.6. The van der Waals surface area contributed by atoms with Gasteiger partial charge in [-0.1, -0.05) is 41.4 Å². The van der Waals surface area contributed by atoms with E-state index in [0.717, 1.165) is 17.8 Å². The number of nitrogens with one attached hydrogen (secondary N) is 1. The van der Waals surface area contributed by atoms with Gasteiger partial charge in [0.2, 0.25) is 5.91 Å². The average molecular weight is 335 g/mol. The second-order valence-corrected chi connectivity index (χ2v) is 6.33. The van der Waals surface area contributed by atoms with E-state index in [2.05, 4.69) is 18.3 Å². The fraction of sp³-hybridized carbons (Fsp3) is 0.235. The van der Waals surface area contributed by atoms with Crippen molar-refractivity contribution in [2.75, 3.05) is 16.8 Å². The summed E-state index contributed by atoms with van der Waals surface area (Å²) in [6, 6.07) is 13.4. The average Bonchev–Trinajstić information content (AvgIpc) is 2.79. The van der Waals surface area contributed by atoms with E-state index in [4.69, 9.17) is 23.2 Å². The van der Waals surface area contributed by atoms with Crippen LogP contribution in [-0.4, -0.2) is 18.5 Å². The minimum Gasteiger partial charge on any atom is -0.376 e. The van der Waals surface area contributed by atoms with Gasteiger partial charge in [0.25, 0.3) is 0 Å². The summed E-state index contributed by atoms with van der Waals surface area (Å²) in [5.41, 5.74) is 2.96. The molecule has 5 heteroatoms. The molecule has 0 saturated heterocycles. The molecular formula is C17H16Cl2N2O. The molecule has 0 saturated carbocycles. The van der Waals surface area contributed by atoms with E-state index in [9.17, 15) is 4.79 Å². The monoisotopic (exact) mass is 334 g/mol. The van der Waals surface area contributed by atoms with Crippen molar-refractivity contribution in [1.29, 1.82) is 0 Å². The van der Waals surface area contributed by atoms with E-state index >= 15 is 0 Å².